The fraction of sp³-hybridized carbons (Fsp3) is 0.857. The molecule has 0 aliphatic carbocycles. The highest BCUT2D eigenvalue weighted by atomic mass is 16.5. The zero-order chi connectivity index (χ0) is 7.11. The Bertz CT molecular complexity index is 54.9. The molecule has 0 spiro atoms. The first-order valence-electron chi connectivity index (χ1n) is 3.21. The Labute approximate surface area is 57.2 Å². The van der Waals surface area contributed by atoms with E-state index in [0.29, 0.717) is 13.2 Å². The van der Waals surface area contributed by atoms with Gasteiger partial charge in [-0.25, -0.2) is 0 Å². The minimum atomic E-state index is 0.264. The Balaban J connectivity index is 2.88. The molecule has 9 heavy (non-hydrogen) atoms. The number of ether oxygens (including phenoxy) is 2. The first-order chi connectivity index (χ1) is 4.31. The molecule has 2 nitrogen and oxygen atoms in total. The topological polar surface area (TPSA) is 18.5 Å². The molecule has 1 radical (unpaired) electrons. The lowest BCUT2D eigenvalue weighted by atomic mass is 10.3. The Hall–Kier alpha value is -0.0800. The summed E-state index contributed by atoms with van der Waals surface area (Å²) in [6.07, 6.45) is 1.09. The average Bonchev–Trinajstić information content (AvgIpc) is 1.89. The zero-order valence-corrected chi connectivity index (χ0v) is 6.22. The summed E-state index contributed by atoms with van der Waals surface area (Å²) < 4.78 is 10.0. The largest absolute Gasteiger partial charge is 0.382 e. The molecule has 0 aromatic rings. The standard InChI is InChI=1S/C7H15O2/c1-4-7(2)9-6-5-8-3/h7H,1,4-6H2,2-3H3. The van der Waals surface area contributed by atoms with Crippen molar-refractivity contribution in [3.63, 3.8) is 0 Å². The summed E-state index contributed by atoms with van der Waals surface area (Å²) in [6, 6.07) is 0. The van der Waals surface area contributed by atoms with Gasteiger partial charge in [-0.15, -0.1) is 0 Å². The fourth-order valence-corrected chi connectivity index (χ4v) is 0.416. The monoisotopic (exact) mass is 131 g/mol. The van der Waals surface area contributed by atoms with E-state index in [1.807, 2.05) is 6.92 Å². The molecule has 0 heterocycles. The van der Waals surface area contributed by atoms with Gasteiger partial charge in [0.1, 0.15) is 0 Å². The van der Waals surface area contributed by atoms with E-state index in [4.69, 9.17) is 9.47 Å². The third-order valence-electron chi connectivity index (χ3n) is 1.10. The minimum Gasteiger partial charge on any atom is -0.382 e. The van der Waals surface area contributed by atoms with Crippen LogP contribution in [0.1, 0.15) is 13.3 Å². The molecule has 0 N–H and O–H groups in total. The van der Waals surface area contributed by atoms with Gasteiger partial charge in [0.15, 0.2) is 0 Å². The van der Waals surface area contributed by atoms with Crippen molar-refractivity contribution in [1.82, 2.24) is 0 Å². The van der Waals surface area contributed by atoms with Crippen molar-refractivity contribution in [2.24, 2.45) is 0 Å². The lowest BCUT2D eigenvalue weighted by molar-refractivity contribution is 0.0276. The van der Waals surface area contributed by atoms with Crippen molar-refractivity contribution in [1.29, 1.82) is 0 Å². The summed E-state index contributed by atoms with van der Waals surface area (Å²) in [6.45, 7) is 7.05. The third-order valence-corrected chi connectivity index (χ3v) is 1.10. The van der Waals surface area contributed by atoms with Crippen LogP contribution < -0.4 is 0 Å². The Morgan fingerprint density at radius 3 is 2.56 bits per heavy atom. The second-order valence-electron chi connectivity index (χ2n) is 1.96. The highest BCUT2D eigenvalue weighted by Crippen LogP contribution is 1.93. The summed E-state index contributed by atoms with van der Waals surface area (Å²) in [4.78, 5) is 0. The van der Waals surface area contributed by atoms with Crippen LogP contribution >= 0.6 is 0 Å². The van der Waals surface area contributed by atoms with Crippen molar-refractivity contribution in [2.45, 2.75) is 19.4 Å². The lowest BCUT2D eigenvalue weighted by Crippen LogP contribution is -2.10. The summed E-state index contributed by atoms with van der Waals surface area (Å²) in [5, 5.41) is 0. The molecule has 2 heteroatoms. The molecule has 0 saturated heterocycles. The van der Waals surface area contributed by atoms with Gasteiger partial charge in [-0.3, -0.25) is 0 Å². The highest BCUT2D eigenvalue weighted by molar-refractivity contribution is 4.49. The van der Waals surface area contributed by atoms with E-state index >= 15 is 0 Å². The normalized spacial score (nSPS) is 13.7. The van der Waals surface area contributed by atoms with Gasteiger partial charge in [0.2, 0.25) is 0 Å². The molecular weight excluding hydrogens is 116 g/mol. The summed E-state index contributed by atoms with van der Waals surface area (Å²) in [5.41, 5.74) is 0. The van der Waals surface area contributed by atoms with Crippen LogP contribution in [0.25, 0.3) is 0 Å². The molecular formula is C7H15O2. The molecule has 0 saturated carbocycles. The minimum absolute atomic E-state index is 0.264. The Morgan fingerprint density at radius 1 is 1.44 bits per heavy atom. The molecule has 55 valence electrons. The second-order valence-corrected chi connectivity index (χ2v) is 1.96. The summed E-state index contributed by atoms with van der Waals surface area (Å²) in [5.74, 6) is 0. The highest BCUT2D eigenvalue weighted by Gasteiger charge is 1.95. The first kappa shape index (κ1) is 8.92. The van der Waals surface area contributed by atoms with Crippen LogP contribution in [0.5, 0.6) is 0 Å². The molecule has 0 amide bonds. The molecule has 0 fully saturated rings. The van der Waals surface area contributed by atoms with E-state index < -0.39 is 0 Å². The summed E-state index contributed by atoms with van der Waals surface area (Å²) in [7, 11) is 1.66. The van der Waals surface area contributed by atoms with Crippen molar-refractivity contribution >= 4 is 0 Å². The predicted molar refractivity (Wildman–Crippen MR) is 37.3 cm³/mol. The van der Waals surface area contributed by atoms with Crippen molar-refractivity contribution in [3.8, 4) is 0 Å². The maximum absolute atomic E-state index is 5.24. The van der Waals surface area contributed by atoms with Gasteiger partial charge >= 0.3 is 0 Å². The molecule has 0 aromatic heterocycles. The Kier molecular flexibility index (Phi) is 5.99. The van der Waals surface area contributed by atoms with Crippen LogP contribution in [0, 0.1) is 6.92 Å². The predicted octanol–water partition coefficient (Wildman–Crippen LogP) is 1.26. The van der Waals surface area contributed by atoms with Crippen LogP contribution in [0.4, 0.5) is 0 Å². The molecule has 0 rings (SSSR count). The number of hydrogen-bond acceptors (Lipinski definition) is 2. The lowest BCUT2D eigenvalue weighted by Gasteiger charge is -2.08. The van der Waals surface area contributed by atoms with Crippen LogP contribution in [0.3, 0.4) is 0 Å². The van der Waals surface area contributed by atoms with Crippen molar-refractivity contribution < 1.29 is 9.47 Å². The molecule has 0 bridgehead atoms. The van der Waals surface area contributed by atoms with Crippen LogP contribution in [-0.2, 0) is 9.47 Å². The molecule has 0 aliphatic rings. The molecule has 1 unspecified atom stereocenters. The Morgan fingerprint density at radius 2 is 2.11 bits per heavy atom. The number of rotatable bonds is 5. The number of hydrogen-bond donors (Lipinski definition) is 0. The fourth-order valence-electron chi connectivity index (χ4n) is 0.416. The van der Waals surface area contributed by atoms with E-state index in [9.17, 15) is 0 Å². The smallest absolute Gasteiger partial charge is 0.0703 e. The first-order valence-corrected chi connectivity index (χ1v) is 3.21. The van der Waals surface area contributed by atoms with Gasteiger partial charge in [-0.1, -0.05) is 6.92 Å². The van der Waals surface area contributed by atoms with E-state index in [1.54, 1.807) is 7.11 Å². The maximum Gasteiger partial charge on any atom is 0.0703 e. The molecule has 1 atom stereocenters. The average molecular weight is 131 g/mol. The van der Waals surface area contributed by atoms with Gasteiger partial charge in [0.05, 0.1) is 19.3 Å². The molecule has 0 aliphatic heterocycles. The van der Waals surface area contributed by atoms with Crippen molar-refractivity contribution in [3.05, 3.63) is 6.92 Å². The quantitative estimate of drug-likeness (QED) is 0.523. The van der Waals surface area contributed by atoms with Gasteiger partial charge in [-0.2, -0.15) is 0 Å². The maximum atomic E-state index is 5.24. The zero-order valence-electron chi connectivity index (χ0n) is 6.22. The van der Waals surface area contributed by atoms with Crippen LogP contribution in [0.15, 0.2) is 0 Å². The van der Waals surface area contributed by atoms with E-state index in [-0.39, 0.29) is 6.10 Å². The van der Waals surface area contributed by atoms with E-state index in [1.165, 1.54) is 0 Å². The number of methoxy groups -OCH3 is 1. The third kappa shape index (κ3) is 5.80. The van der Waals surface area contributed by atoms with E-state index in [2.05, 4.69) is 6.92 Å². The van der Waals surface area contributed by atoms with Gasteiger partial charge < -0.3 is 9.47 Å². The van der Waals surface area contributed by atoms with Crippen LogP contribution in [0.2, 0.25) is 0 Å². The summed E-state index contributed by atoms with van der Waals surface area (Å²) >= 11 is 0. The SMILES string of the molecule is [CH2]CC(C)OCCOC. The second kappa shape index (κ2) is 6.05. The van der Waals surface area contributed by atoms with Crippen LogP contribution in [-0.4, -0.2) is 26.4 Å². The van der Waals surface area contributed by atoms with Crippen molar-refractivity contribution in [2.75, 3.05) is 20.3 Å². The van der Waals surface area contributed by atoms with E-state index in [0.717, 1.165) is 6.42 Å². The van der Waals surface area contributed by atoms with Gasteiger partial charge in [0.25, 0.3) is 0 Å². The van der Waals surface area contributed by atoms with Gasteiger partial charge in [-0.05, 0) is 13.3 Å². The van der Waals surface area contributed by atoms with Gasteiger partial charge in [0, 0.05) is 7.11 Å². The molecule has 0 aromatic carbocycles.